The molecule has 0 heterocycles. The van der Waals surface area contributed by atoms with Gasteiger partial charge < -0.3 is 5.32 Å². The number of hydrogen-bond donors (Lipinski definition) is 1. The fourth-order valence-electron chi connectivity index (χ4n) is 1.15. The summed E-state index contributed by atoms with van der Waals surface area (Å²) in [6.45, 7) is 8.91. The highest BCUT2D eigenvalue weighted by molar-refractivity contribution is 5.51. The first-order valence-corrected chi connectivity index (χ1v) is 5.02. The van der Waals surface area contributed by atoms with Crippen molar-refractivity contribution in [2.24, 2.45) is 0 Å². The Bertz CT molecular complexity index is 311. The van der Waals surface area contributed by atoms with Gasteiger partial charge in [0.1, 0.15) is 0 Å². The number of nitriles is 1. The van der Waals surface area contributed by atoms with Crippen LogP contribution in [0, 0.1) is 18.3 Å². The van der Waals surface area contributed by atoms with Crippen molar-refractivity contribution in [3.05, 3.63) is 29.3 Å². The molecule has 2 nitrogen and oxygen atoms in total. The van der Waals surface area contributed by atoms with E-state index >= 15 is 0 Å². The van der Waals surface area contributed by atoms with Crippen molar-refractivity contribution in [2.75, 3.05) is 11.9 Å². The van der Waals surface area contributed by atoms with E-state index in [9.17, 15) is 0 Å². The lowest BCUT2D eigenvalue weighted by Gasteiger charge is -2.04. The smallest absolute Gasteiger partial charge is 0.0992 e. The molecule has 2 heteroatoms. The van der Waals surface area contributed by atoms with Crippen LogP contribution in [0.25, 0.3) is 0 Å². The van der Waals surface area contributed by atoms with Crippen LogP contribution >= 0.6 is 0 Å². The first-order valence-electron chi connectivity index (χ1n) is 5.02. The molecule has 0 unspecified atom stereocenters. The molecule has 0 aliphatic rings. The summed E-state index contributed by atoms with van der Waals surface area (Å²) in [5.41, 5.74) is 2.85. The maximum absolute atomic E-state index is 8.68. The number of rotatable bonds is 2. The Morgan fingerprint density at radius 2 is 1.93 bits per heavy atom. The number of benzene rings is 1. The average Bonchev–Trinajstić information content (AvgIpc) is 2.20. The first-order chi connectivity index (χ1) is 6.76. The maximum atomic E-state index is 8.68. The minimum absolute atomic E-state index is 0.714. The van der Waals surface area contributed by atoms with Crippen molar-refractivity contribution in [2.45, 2.75) is 27.7 Å². The molecule has 0 spiro atoms. The van der Waals surface area contributed by atoms with Crippen LogP contribution in [0.4, 0.5) is 5.69 Å². The summed E-state index contributed by atoms with van der Waals surface area (Å²) >= 11 is 0. The van der Waals surface area contributed by atoms with Gasteiger partial charge in [0.25, 0.3) is 0 Å². The third-order valence-corrected chi connectivity index (χ3v) is 1.59. The molecule has 0 saturated heterocycles. The standard InChI is InChI=1S/C10H12N2.C2H6/c1-3-12-10-5-8(2)4-9(6-10)7-11;1-2/h4-6,12H,3H2,1-2H3;1-2H3. The minimum atomic E-state index is 0.714. The number of nitrogens with zero attached hydrogens (tertiary/aromatic N) is 1. The highest BCUT2D eigenvalue weighted by Crippen LogP contribution is 2.13. The fraction of sp³-hybridized carbons (Fsp3) is 0.417. The molecular weight excluding hydrogens is 172 g/mol. The highest BCUT2D eigenvalue weighted by Gasteiger charge is 1.95. The van der Waals surface area contributed by atoms with Gasteiger partial charge in [-0.15, -0.1) is 0 Å². The van der Waals surface area contributed by atoms with E-state index < -0.39 is 0 Å². The predicted molar refractivity (Wildman–Crippen MR) is 61.4 cm³/mol. The van der Waals surface area contributed by atoms with Crippen LogP contribution < -0.4 is 5.32 Å². The lowest BCUT2D eigenvalue weighted by atomic mass is 10.1. The molecule has 0 radical (unpaired) electrons. The molecule has 0 aliphatic carbocycles. The summed E-state index contributed by atoms with van der Waals surface area (Å²) in [6, 6.07) is 7.89. The molecule has 1 aromatic rings. The van der Waals surface area contributed by atoms with Gasteiger partial charge in [-0.1, -0.05) is 13.8 Å². The van der Waals surface area contributed by atoms with Gasteiger partial charge in [0, 0.05) is 12.2 Å². The fourth-order valence-corrected chi connectivity index (χ4v) is 1.15. The van der Waals surface area contributed by atoms with Crippen LogP contribution in [0.2, 0.25) is 0 Å². The Balaban J connectivity index is 0.000000791. The summed E-state index contributed by atoms with van der Waals surface area (Å²) in [5, 5.41) is 11.8. The van der Waals surface area contributed by atoms with Gasteiger partial charge in [-0.3, -0.25) is 0 Å². The Hall–Kier alpha value is -1.49. The van der Waals surface area contributed by atoms with Crippen molar-refractivity contribution in [1.29, 1.82) is 5.26 Å². The van der Waals surface area contributed by atoms with Gasteiger partial charge in [0.2, 0.25) is 0 Å². The molecule has 0 aliphatic heterocycles. The van der Waals surface area contributed by atoms with E-state index in [1.165, 1.54) is 0 Å². The van der Waals surface area contributed by atoms with Crippen molar-refractivity contribution in [3.63, 3.8) is 0 Å². The van der Waals surface area contributed by atoms with Crippen LogP contribution in [0.15, 0.2) is 18.2 Å². The Morgan fingerprint density at radius 3 is 2.43 bits per heavy atom. The molecular formula is C12H18N2. The van der Waals surface area contributed by atoms with Gasteiger partial charge >= 0.3 is 0 Å². The summed E-state index contributed by atoms with van der Waals surface area (Å²) in [4.78, 5) is 0. The summed E-state index contributed by atoms with van der Waals surface area (Å²) in [7, 11) is 0. The van der Waals surface area contributed by atoms with Crippen LogP contribution in [0.1, 0.15) is 31.9 Å². The largest absolute Gasteiger partial charge is 0.385 e. The van der Waals surface area contributed by atoms with E-state index in [2.05, 4.69) is 11.4 Å². The van der Waals surface area contributed by atoms with Crippen molar-refractivity contribution >= 4 is 5.69 Å². The normalized spacial score (nSPS) is 8.21. The number of aryl methyl sites for hydroxylation is 1. The van der Waals surface area contributed by atoms with Crippen LogP contribution in [0.3, 0.4) is 0 Å². The predicted octanol–water partition coefficient (Wildman–Crippen LogP) is 3.32. The summed E-state index contributed by atoms with van der Waals surface area (Å²) in [5.74, 6) is 0. The van der Waals surface area contributed by atoms with E-state index in [0.717, 1.165) is 17.8 Å². The molecule has 1 aromatic carbocycles. The van der Waals surface area contributed by atoms with Crippen molar-refractivity contribution in [1.82, 2.24) is 0 Å². The Labute approximate surface area is 86.6 Å². The zero-order chi connectivity index (χ0) is 11.0. The van der Waals surface area contributed by atoms with E-state index in [1.54, 1.807) is 0 Å². The SMILES string of the molecule is CC.CCNc1cc(C)cc(C#N)c1. The number of anilines is 1. The third kappa shape index (κ3) is 3.95. The molecule has 1 rings (SSSR count). The second-order valence-corrected chi connectivity index (χ2v) is 2.73. The van der Waals surface area contributed by atoms with Gasteiger partial charge in [-0.25, -0.2) is 0 Å². The van der Waals surface area contributed by atoms with Crippen molar-refractivity contribution < 1.29 is 0 Å². The van der Waals surface area contributed by atoms with Gasteiger partial charge in [-0.05, 0) is 37.6 Å². The monoisotopic (exact) mass is 190 g/mol. The van der Waals surface area contributed by atoms with Crippen molar-refractivity contribution in [3.8, 4) is 6.07 Å². The molecule has 0 atom stereocenters. The van der Waals surface area contributed by atoms with E-state index in [4.69, 9.17) is 5.26 Å². The third-order valence-electron chi connectivity index (χ3n) is 1.59. The van der Waals surface area contributed by atoms with Gasteiger partial charge in [0.05, 0.1) is 11.6 Å². The number of nitrogens with one attached hydrogen (secondary N) is 1. The second kappa shape index (κ2) is 6.97. The van der Waals surface area contributed by atoms with Crippen LogP contribution in [0.5, 0.6) is 0 Å². The maximum Gasteiger partial charge on any atom is 0.0992 e. The molecule has 0 aromatic heterocycles. The summed E-state index contributed by atoms with van der Waals surface area (Å²) in [6.07, 6.45) is 0. The van der Waals surface area contributed by atoms with Crippen LogP contribution in [-0.4, -0.2) is 6.54 Å². The quantitative estimate of drug-likeness (QED) is 0.776. The van der Waals surface area contributed by atoms with Crippen LogP contribution in [-0.2, 0) is 0 Å². The lowest BCUT2D eigenvalue weighted by molar-refractivity contribution is 1.21. The minimum Gasteiger partial charge on any atom is -0.385 e. The molecule has 76 valence electrons. The molecule has 14 heavy (non-hydrogen) atoms. The molecule has 0 bridgehead atoms. The topological polar surface area (TPSA) is 35.8 Å². The second-order valence-electron chi connectivity index (χ2n) is 2.73. The van der Waals surface area contributed by atoms with E-state index in [-0.39, 0.29) is 0 Å². The number of hydrogen-bond acceptors (Lipinski definition) is 2. The lowest BCUT2D eigenvalue weighted by Crippen LogP contribution is -1.96. The molecule has 0 amide bonds. The molecule has 0 fully saturated rings. The molecule has 0 saturated carbocycles. The Kier molecular flexibility index (Phi) is 6.22. The molecule has 1 N–H and O–H groups in total. The zero-order valence-electron chi connectivity index (χ0n) is 9.39. The van der Waals surface area contributed by atoms with E-state index in [0.29, 0.717) is 5.56 Å². The highest BCUT2D eigenvalue weighted by atomic mass is 14.8. The zero-order valence-corrected chi connectivity index (χ0v) is 9.39. The van der Waals surface area contributed by atoms with Gasteiger partial charge in [-0.2, -0.15) is 5.26 Å². The first kappa shape index (κ1) is 12.5. The summed E-state index contributed by atoms with van der Waals surface area (Å²) < 4.78 is 0. The average molecular weight is 190 g/mol. The van der Waals surface area contributed by atoms with Gasteiger partial charge in [0.15, 0.2) is 0 Å². The Morgan fingerprint density at radius 1 is 1.29 bits per heavy atom. The van der Waals surface area contributed by atoms with E-state index in [1.807, 2.05) is 45.9 Å².